The summed E-state index contributed by atoms with van der Waals surface area (Å²) < 4.78 is 82.7. The molecule has 4 aliphatic rings. The second kappa shape index (κ2) is 30.7. The van der Waals surface area contributed by atoms with E-state index in [0.717, 1.165) is 109 Å². The zero-order chi connectivity index (χ0) is 94.1. The number of fused-ring (bicyclic) bond motifs is 18. The van der Waals surface area contributed by atoms with Gasteiger partial charge in [0.1, 0.15) is 28.2 Å². The van der Waals surface area contributed by atoms with Crippen molar-refractivity contribution in [1.29, 1.82) is 0 Å². The molecule has 0 unspecified atom stereocenters. The number of benzene rings is 12. The molecule has 0 saturated heterocycles. The number of rotatable bonds is 4. The summed E-state index contributed by atoms with van der Waals surface area (Å²) in [6.07, 6.45) is 12.2. The molecule has 0 bridgehead atoms. The first kappa shape index (κ1) is 72.0. The SMILES string of the molecule is Cc1cc[n+](C)c(-c2cc3c(cc2C)C(C)(C)C(C)(C)c2c-3ccc3cc(C)ccc23)c1.[2H]C([2H])([2H])c1cc(C)c(-c2cc(C)cc[n+]2C)c2c1-c1cc3ccc(C)cc3cc1C(C)(C)C2(C)C.[2H]C([2H])([2H])c1cc(C)c(-c2cc(C)cc[n+]2C)c2c1-c1cc3ccc(C)cc3cc1CC2.[2H]C([2H])([2H])c1ccc2c3c(ccc2c1)CCc1c-3ccc(C)c1-c1cc(C)cc[n+]1C. The molecule has 4 heteroatoms. The third-order valence-electron chi connectivity index (χ3n) is 29.0. The smallest absolute Gasteiger partial charge is 0.201 e. The predicted octanol–water partition coefficient (Wildman–Crippen LogP) is 27.6. The van der Waals surface area contributed by atoms with E-state index >= 15 is 0 Å². The van der Waals surface area contributed by atoms with Crippen LogP contribution in [0.15, 0.2) is 231 Å². The monoisotopic (exact) mass is 1610 g/mol. The molecule has 122 heavy (non-hydrogen) atoms. The van der Waals surface area contributed by atoms with E-state index in [0.29, 0.717) is 16.7 Å². The van der Waals surface area contributed by atoms with E-state index in [1.165, 1.54) is 155 Å². The zero-order valence-corrected chi connectivity index (χ0v) is 76.1. The number of aryl methyl sites for hydroxylation is 20. The Labute approximate surface area is 740 Å². The Morgan fingerprint density at radius 1 is 0.238 bits per heavy atom. The summed E-state index contributed by atoms with van der Waals surface area (Å²) in [5.74, 6) is 0. The van der Waals surface area contributed by atoms with Crippen molar-refractivity contribution < 1.29 is 30.6 Å². The molecular formula is C118H124N4+4. The van der Waals surface area contributed by atoms with Crippen molar-refractivity contribution in [3.63, 3.8) is 0 Å². The van der Waals surface area contributed by atoms with Crippen LogP contribution in [0.4, 0.5) is 0 Å². The minimum Gasteiger partial charge on any atom is -0.201 e. The molecule has 0 atom stereocenters. The lowest BCUT2D eigenvalue weighted by molar-refractivity contribution is -0.660. The van der Waals surface area contributed by atoms with Crippen LogP contribution in [0.2, 0.25) is 0 Å². The van der Waals surface area contributed by atoms with Crippen LogP contribution in [0.25, 0.3) is 133 Å². The van der Waals surface area contributed by atoms with Crippen molar-refractivity contribution in [2.45, 2.75) is 199 Å². The highest BCUT2D eigenvalue weighted by molar-refractivity contribution is 6.03. The van der Waals surface area contributed by atoms with E-state index in [1.54, 1.807) is 6.07 Å². The average molecular weight is 1610 g/mol. The Morgan fingerprint density at radius 3 is 1.29 bits per heavy atom. The van der Waals surface area contributed by atoms with E-state index in [2.05, 4.69) is 372 Å². The fraction of sp³-hybridized carbons (Fsp3) is 0.288. The summed E-state index contributed by atoms with van der Waals surface area (Å²) in [5, 5.41) is 9.57. The zero-order valence-electron chi connectivity index (χ0n) is 85.1. The summed E-state index contributed by atoms with van der Waals surface area (Å²) in [4.78, 5) is 0. The molecule has 16 aromatic rings. The molecule has 12 aromatic carbocycles. The minimum atomic E-state index is -2.22. The van der Waals surface area contributed by atoms with E-state index in [-0.39, 0.29) is 21.7 Å². The maximum absolute atomic E-state index is 8.55. The Morgan fingerprint density at radius 2 is 0.680 bits per heavy atom. The van der Waals surface area contributed by atoms with Crippen LogP contribution >= 0.6 is 0 Å². The Bertz CT molecular complexity index is 7470. The van der Waals surface area contributed by atoms with Crippen LogP contribution in [0.1, 0.15) is 190 Å². The molecule has 0 radical (unpaired) electrons. The highest BCUT2D eigenvalue weighted by atomic mass is 14.9. The Balaban J connectivity index is 0.000000122. The van der Waals surface area contributed by atoms with Crippen LogP contribution in [-0.2, 0) is 75.5 Å². The molecule has 0 saturated carbocycles. The molecule has 4 aliphatic carbocycles. The molecular weight excluding hydrogens is 1470 g/mol. The Kier molecular flexibility index (Phi) is 18.1. The second-order valence-corrected chi connectivity index (χ2v) is 38.5. The lowest BCUT2D eigenvalue weighted by Crippen LogP contribution is -2.45. The van der Waals surface area contributed by atoms with Crippen LogP contribution in [0.5, 0.6) is 0 Å². The molecule has 0 aliphatic heterocycles. The predicted molar refractivity (Wildman–Crippen MR) is 517 cm³/mol. The molecule has 0 amide bonds. The van der Waals surface area contributed by atoms with Crippen molar-refractivity contribution in [3.05, 3.63) is 353 Å². The van der Waals surface area contributed by atoms with Gasteiger partial charge in [0.15, 0.2) is 24.8 Å². The van der Waals surface area contributed by atoms with Gasteiger partial charge in [0, 0.05) is 77.3 Å². The van der Waals surface area contributed by atoms with Gasteiger partial charge in [-0.3, -0.25) is 0 Å². The van der Waals surface area contributed by atoms with E-state index < -0.39 is 20.6 Å². The first-order valence-corrected chi connectivity index (χ1v) is 43.7. The van der Waals surface area contributed by atoms with Crippen LogP contribution < -0.4 is 18.3 Å². The number of nitrogens with zero attached hydrogens (tertiary/aromatic N) is 4. The molecule has 4 nitrogen and oxygen atoms in total. The van der Waals surface area contributed by atoms with Gasteiger partial charge in [-0.25, -0.2) is 18.3 Å². The van der Waals surface area contributed by atoms with Gasteiger partial charge in [-0.1, -0.05) is 211 Å². The van der Waals surface area contributed by atoms with Crippen LogP contribution in [-0.4, -0.2) is 0 Å². The van der Waals surface area contributed by atoms with Crippen molar-refractivity contribution in [3.8, 4) is 89.5 Å². The summed E-state index contributed by atoms with van der Waals surface area (Å²) in [5.41, 5.74) is 43.5. The molecule has 0 fully saturated rings. The quantitative estimate of drug-likeness (QED) is 0.156. The maximum atomic E-state index is 8.55. The second-order valence-electron chi connectivity index (χ2n) is 38.5. The average Bonchev–Trinajstić information content (AvgIpc) is 0.683. The topological polar surface area (TPSA) is 15.5 Å². The fourth-order valence-electron chi connectivity index (χ4n) is 21.0. The lowest BCUT2D eigenvalue weighted by atomic mass is 9.53. The number of aromatic nitrogens is 4. The first-order valence-electron chi connectivity index (χ1n) is 48.2. The highest BCUT2D eigenvalue weighted by Crippen LogP contribution is 2.60. The van der Waals surface area contributed by atoms with Gasteiger partial charge in [0.05, 0.1) is 16.7 Å². The summed E-state index contributed by atoms with van der Waals surface area (Å²) in [7, 11) is 8.38. The van der Waals surface area contributed by atoms with Crippen LogP contribution in [0.3, 0.4) is 0 Å². The van der Waals surface area contributed by atoms with Crippen LogP contribution in [0, 0.1) is 96.7 Å². The summed E-state index contributed by atoms with van der Waals surface area (Å²) >= 11 is 0. The van der Waals surface area contributed by atoms with Gasteiger partial charge >= 0.3 is 0 Å². The van der Waals surface area contributed by atoms with E-state index in [4.69, 9.17) is 12.3 Å². The van der Waals surface area contributed by atoms with Gasteiger partial charge in [-0.2, -0.15) is 0 Å². The minimum absolute atomic E-state index is 0.00601. The molecule has 20 rings (SSSR count). The maximum Gasteiger partial charge on any atom is 0.213 e. The molecule has 4 aromatic heterocycles. The van der Waals surface area contributed by atoms with Crippen molar-refractivity contribution in [2.24, 2.45) is 28.2 Å². The molecule has 612 valence electrons. The normalized spacial score (nSPS) is 15.8. The third kappa shape index (κ3) is 13.9. The van der Waals surface area contributed by atoms with Gasteiger partial charge in [0.25, 0.3) is 0 Å². The van der Waals surface area contributed by atoms with E-state index in [9.17, 15) is 0 Å². The standard InChI is InChI=1S/C32H36N.C31H34N.C28H28N.C27H26N/c1-19-10-11-23-17-25-26(18-24(23)14-19)31(5,6)32(7,8)30-28(25)21(3)16-22(4)29(30)27-15-20(2)12-13-33(27)9;1-19-9-11-23-22(15-19)10-12-24-26-18-25(28-16-20(2)13-14-32(28)8)21(3)17-27(26)30(4,5)31(6,7)29(23)24;1-17-6-7-21-16-25-22(15-23(21)12-17)8-9-24-27(25)19(3)14-20(4)28(24)26-13-18(2)10-11-29(26)5;1-17-5-10-22-21(15-17)8-7-20-9-12-23-24(27(20)22)11-6-19(3)26(23)25-16-18(2)13-14-28(25)4/h10-18H,1-9H3;9-18H,1-8H3;6-7,10-16H,8-9H2,1-5H3;5-8,10-11,13-16H,9,12H2,1-4H3/q4*+1/i3D3;;3D3;1D3. The number of hydrogen-bond donors (Lipinski definition) is 0. The fourth-order valence-corrected chi connectivity index (χ4v) is 21.0. The van der Waals surface area contributed by atoms with Gasteiger partial charge < -0.3 is 0 Å². The van der Waals surface area contributed by atoms with Crippen molar-refractivity contribution in [2.75, 3.05) is 0 Å². The molecule has 0 spiro atoms. The molecule has 0 N–H and O–H groups in total. The Hall–Kier alpha value is -11.7. The lowest BCUT2D eigenvalue weighted by Gasteiger charge is -2.49. The number of hydrogen-bond acceptors (Lipinski definition) is 0. The third-order valence-corrected chi connectivity index (χ3v) is 29.0. The number of pyridine rings is 4. The van der Waals surface area contributed by atoms with E-state index in [1.807, 2.05) is 31.2 Å². The first-order chi connectivity index (χ1) is 61.5. The van der Waals surface area contributed by atoms with Crippen molar-refractivity contribution >= 4 is 43.1 Å². The summed E-state index contributed by atoms with van der Waals surface area (Å²) in [6.45, 7) is 35.9. The molecule has 4 heterocycles. The summed E-state index contributed by atoms with van der Waals surface area (Å²) in [6, 6.07) is 74.1. The van der Waals surface area contributed by atoms with Gasteiger partial charge in [-0.05, 0) is 345 Å². The van der Waals surface area contributed by atoms with Gasteiger partial charge in [0.2, 0.25) is 22.8 Å². The largest absolute Gasteiger partial charge is 0.213 e. The van der Waals surface area contributed by atoms with Gasteiger partial charge in [-0.15, -0.1) is 0 Å². The highest BCUT2D eigenvalue weighted by Gasteiger charge is 2.50. The van der Waals surface area contributed by atoms with Crippen molar-refractivity contribution in [1.82, 2.24) is 0 Å².